The fourth-order valence-corrected chi connectivity index (χ4v) is 6.37. The van der Waals surface area contributed by atoms with Gasteiger partial charge in [-0.1, -0.05) is 89.8 Å². The summed E-state index contributed by atoms with van der Waals surface area (Å²) in [6, 6.07) is 40.4. The van der Waals surface area contributed by atoms with E-state index in [4.69, 9.17) is 0 Å². The van der Waals surface area contributed by atoms with Crippen molar-refractivity contribution in [2.75, 3.05) is 0 Å². The zero-order valence-electron chi connectivity index (χ0n) is 25.8. The molecule has 1 aliphatic rings. The van der Waals surface area contributed by atoms with Crippen LogP contribution in [0.1, 0.15) is 59.1 Å². The van der Waals surface area contributed by atoms with Crippen molar-refractivity contribution in [1.29, 1.82) is 0 Å². The predicted molar refractivity (Wildman–Crippen MR) is 176 cm³/mol. The molecule has 0 N–H and O–H groups in total. The van der Waals surface area contributed by atoms with Gasteiger partial charge in [-0.25, -0.2) is 5.57 Å². The molecular formula is C40H42ClZr-3. The number of fused-ring (bicyclic) bond motifs is 3. The smallest absolute Gasteiger partial charge is 0.0771 e. The first-order chi connectivity index (χ1) is 19.8. The molecule has 0 nitrogen and oxygen atoms in total. The summed E-state index contributed by atoms with van der Waals surface area (Å²) in [4.78, 5) is 0. The Morgan fingerprint density at radius 2 is 1.02 bits per heavy atom. The van der Waals surface area contributed by atoms with Gasteiger partial charge >= 0.3 is 99.2 Å². The van der Waals surface area contributed by atoms with E-state index in [2.05, 4.69) is 163 Å². The molecule has 0 fully saturated rings. The van der Waals surface area contributed by atoms with E-state index < -0.39 is 0 Å². The van der Waals surface area contributed by atoms with Gasteiger partial charge in [0.25, 0.3) is 0 Å². The number of allylic oxidation sites excluding steroid dienone is 4. The molecular weight excluding hydrogens is 607 g/mol. The van der Waals surface area contributed by atoms with Crippen LogP contribution < -0.4 is 12.4 Å². The van der Waals surface area contributed by atoms with Gasteiger partial charge in [-0.15, -0.1) is 46.2 Å². The van der Waals surface area contributed by atoms with Gasteiger partial charge in [0.15, 0.2) is 0 Å². The summed E-state index contributed by atoms with van der Waals surface area (Å²) >= 11 is 1.46. The van der Waals surface area contributed by atoms with E-state index in [0.717, 1.165) is 6.42 Å². The van der Waals surface area contributed by atoms with Crippen LogP contribution in [-0.4, -0.2) is 3.21 Å². The average Bonchev–Trinajstić information content (AvgIpc) is 3.61. The zero-order chi connectivity index (χ0) is 29.4. The van der Waals surface area contributed by atoms with E-state index in [1.54, 1.807) is 11.1 Å². The minimum absolute atomic E-state index is 0. The van der Waals surface area contributed by atoms with Crippen molar-refractivity contribution in [3.8, 4) is 0 Å². The molecule has 216 valence electrons. The molecule has 0 spiro atoms. The van der Waals surface area contributed by atoms with Crippen molar-refractivity contribution in [3.63, 3.8) is 0 Å². The van der Waals surface area contributed by atoms with Gasteiger partial charge < -0.3 is 12.4 Å². The first kappa shape index (κ1) is 33.8. The normalized spacial score (nSPS) is 12.5. The summed E-state index contributed by atoms with van der Waals surface area (Å²) in [6.07, 6.45) is 4.63. The molecule has 2 heteroatoms. The molecule has 0 radical (unpaired) electrons. The second kappa shape index (κ2) is 16.2. The second-order valence-electron chi connectivity index (χ2n) is 11.6. The molecule has 0 atom stereocenters. The fraction of sp³-hybridized carbons (Fsp3) is 0.250. The number of hydrogen-bond acceptors (Lipinski definition) is 0. The maximum absolute atomic E-state index is 3.56. The summed E-state index contributed by atoms with van der Waals surface area (Å²) in [6.45, 7) is 13.7. The Morgan fingerprint density at radius 1 is 0.595 bits per heavy atom. The minimum atomic E-state index is 0. The van der Waals surface area contributed by atoms with Crippen molar-refractivity contribution in [2.45, 2.75) is 48.0 Å². The summed E-state index contributed by atoms with van der Waals surface area (Å²) < 4.78 is 1.42. The van der Waals surface area contributed by atoms with Gasteiger partial charge in [-0.2, -0.15) is 11.1 Å². The summed E-state index contributed by atoms with van der Waals surface area (Å²) in [5.41, 5.74) is 7.34. The first-order valence-corrected chi connectivity index (χ1v) is 16.1. The number of rotatable bonds is 5. The molecule has 0 aromatic heterocycles. The zero-order valence-corrected chi connectivity index (χ0v) is 29.0. The van der Waals surface area contributed by atoms with Crippen LogP contribution in [0.25, 0.3) is 21.5 Å². The SMILES string of the molecule is CC(C)C1=[C-]CC(C(C)C)=C1C(C)C.[Cl-].[Zr]=[C](c1ccccc1)c1ccccc1.c1ccc2c(c1)[cH-]c1ccccc12. The molecule has 5 aromatic carbocycles. The van der Waals surface area contributed by atoms with Crippen molar-refractivity contribution in [3.05, 3.63) is 149 Å². The van der Waals surface area contributed by atoms with E-state index in [0.29, 0.717) is 17.8 Å². The van der Waals surface area contributed by atoms with Crippen molar-refractivity contribution >= 4 is 24.8 Å². The molecule has 1 aliphatic carbocycles. The van der Waals surface area contributed by atoms with Crippen molar-refractivity contribution in [1.82, 2.24) is 0 Å². The molecule has 0 aliphatic heterocycles. The molecule has 0 saturated carbocycles. The van der Waals surface area contributed by atoms with Crippen LogP contribution in [0.15, 0.2) is 132 Å². The molecule has 0 saturated heterocycles. The maximum Gasteiger partial charge on any atom is -0.0771 e. The van der Waals surface area contributed by atoms with Crippen molar-refractivity contribution < 1.29 is 36.6 Å². The first-order valence-electron chi connectivity index (χ1n) is 14.8. The quantitative estimate of drug-likeness (QED) is 0.170. The number of benzene rings is 4. The third kappa shape index (κ3) is 8.43. The Bertz CT molecular complexity index is 1540. The minimum Gasteiger partial charge on any atom is -0.126 e. The maximum atomic E-state index is 3.56. The van der Waals surface area contributed by atoms with Crippen LogP contribution in [0, 0.1) is 23.8 Å². The third-order valence-corrected chi connectivity index (χ3v) is 9.02. The van der Waals surface area contributed by atoms with Crippen LogP contribution in [0.4, 0.5) is 0 Å². The van der Waals surface area contributed by atoms with Crippen LogP contribution in [0.3, 0.4) is 0 Å². The third-order valence-electron chi connectivity index (χ3n) is 7.60. The Balaban J connectivity index is 0.000000171. The largest absolute Gasteiger partial charge is 0.126 e. The molecule has 0 unspecified atom stereocenters. The van der Waals surface area contributed by atoms with Gasteiger partial charge in [0.05, 0.1) is 0 Å². The number of hydrogen-bond donors (Lipinski definition) is 0. The van der Waals surface area contributed by atoms with Crippen LogP contribution in [0.2, 0.25) is 0 Å². The Morgan fingerprint density at radius 3 is 1.43 bits per heavy atom. The van der Waals surface area contributed by atoms with Gasteiger partial charge in [0.1, 0.15) is 0 Å². The molecule has 5 aromatic rings. The molecule has 0 amide bonds. The van der Waals surface area contributed by atoms with E-state index in [9.17, 15) is 0 Å². The van der Waals surface area contributed by atoms with Crippen LogP contribution in [-0.2, 0) is 24.2 Å². The van der Waals surface area contributed by atoms with Crippen LogP contribution in [0.5, 0.6) is 0 Å². The van der Waals surface area contributed by atoms with E-state index in [1.165, 1.54) is 65.7 Å². The Hall–Kier alpha value is -2.73. The van der Waals surface area contributed by atoms with Gasteiger partial charge in [-0.3, -0.25) is 6.08 Å². The van der Waals surface area contributed by atoms with E-state index in [1.807, 2.05) is 0 Å². The van der Waals surface area contributed by atoms with Gasteiger partial charge in [0.2, 0.25) is 0 Å². The topological polar surface area (TPSA) is 0 Å². The second-order valence-corrected chi connectivity index (χ2v) is 12.8. The van der Waals surface area contributed by atoms with Gasteiger partial charge in [0, 0.05) is 0 Å². The van der Waals surface area contributed by atoms with Crippen LogP contribution >= 0.6 is 0 Å². The standard InChI is InChI=1S/C14H23.C13H9.C13H10.ClH.Zr/c1-9(2)12-7-8-13(10(3)4)14(12)11(5)6;1-3-7-12-10(5-1)9-11-6-2-4-8-13(11)12;1-3-7-12(8-4-1)11-13-9-5-2-6-10-13;;/h9-11H,7H2,1-6H3;1-9H;1-10H;1H;/q2*-1;;;/p-1. The Kier molecular flexibility index (Phi) is 13.0. The van der Waals surface area contributed by atoms with Gasteiger partial charge in [-0.05, 0) is 5.92 Å². The fourth-order valence-electron chi connectivity index (χ4n) is 5.55. The number of halogens is 1. The van der Waals surface area contributed by atoms with E-state index >= 15 is 0 Å². The molecule has 0 heterocycles. The summed E-state index contributed by atoms with van der Waals surface area (Å²) in [7, 11) is 0. The average molecular weight is 649 g/mol. The van der Waals surface area contributed by atoms with Crippen molar-refractivity contribution in [2.24, 2.45) is 17.8 Å². The summed E-state index contributed by atoms with van der Waals surface area (Å²) in [5, 5.41) is 5.39. The van der Waals surface area contributed by atoms with E-state index in [-0.39, 0.29) is 12.4 Å². The molecule has 42 heavy (non-hydrogen) atoms. The molecule has 0 bridgehead atoms. The predicted octanol–water partition coefficient (Wildman–Crippen LogP) is 7.90. The Labute approximate surface area is 274 Å². The monoisotopic (exact) mass is 647 g/mol. The molecule has 6 rings (SSSR count). The summed E-state index contributed by atoms with van der Waals surface area (Å²) in [5.74, 6) is 1.96.